The minimum absolute atomic E-state index is 0.000940. The number of rotatable bonds is 46. The monoisotopic (exact) mass is 814 g/mol. The van der Waals surface area contributed by atoms with Crippen LogP contribution in [0.2, 0.25) is 0 Å². The molecule has 0 aliphatic carbocycles. The van der Waals surface area contributed by atoms with Crippen LogP contribution in [0, 0.1) is 0 Å². The lowest BCUT2D eigenvalue weighted by atomic mass is 10.0. The summed E-state index contributed by atoms with van der Waals surface area (Å²) in [4.78, 5) is 12.5. The number of unbranched alkanes of at least 4 members (excludes halogenated alkanes) is 31. The Balaban J connectivity index is 3.68. The van der Waals surface area contributed by atoms with E-state index in [4.69, 9.17) is 0 Å². The van der Waals surface area contributed by atoms with Gasteiger partial charge in [0.05, 0.1) is 31.3 Å². The SMILES string of the molecule is CCCCCCCCCCCC/C=C/CC/C=C/CC/C=C/C(O)C(CO)NC(=O)CC(O)CCCCCCCCC/C=C\CCCCCCCCCCCCCC. The van der Waals surface area contributed by atoms with Gasteiger partial charge in [0.15, 0.2) is 0 Å². The summed E-state index contributed by atoms with van der Waals surface area (Å²) < 4.78 is 0. The lowest BCUT2D eigenvalue weighted by molar-refractivity contribution is -0.124. The molecule has 0 aliphatic rings. The Morgan fingerprint density at radius 3 is 1.10 bits per heavy atom. The summed E-state index contributed by atoms with van der Waals surface area (Å²) >= 11 is 0. The van der Waals surface area contributed by atoms with Crippen molar-refractivity contribution in [2.45, 2.75) is 276 Å². The van der Waals surface area contributed by atoms with Gasteiger partial charge in [-0.1, -0.05) is 229 Å². The van der Waals surface area contributed by atoms with Gasteiger partial charge in [0.2, 0.25) is 5.91 Å². The minimum Gasteiger partial charge on any atom is -0.394 e. The molecule has 0 aliphatic heterocycles. The molecule has 0 saturated carbocycles. The van der Waals surface area contributed by atoms with Gasteiger partial charge in [-0.3, -0.25) is 4.79 Å². The summed E-state index contributed by atoms with van der Waals surface area (Å²) in [5.41, 5.74) is 0. The van der Waals surface area contributed by atoms with Crippen LogP contribution in [0.4, 0.5) is 0 Å². The van der Waals surface area contributed by atoms with Crippen LogP contribution < -0.4 is 5.32 Å². The Labute approximate surface area is 361 Å². The third-order valence-electron chi connectivity index (χ3n) is 11.6. The molecule has 0 fully saturated rings. The molecule has 0 bridgehead atoms. The van der Waals surface area contributed by atoms with Crippen molar-refractivity contribution >= 4 is 5.91 Å². The molecule has 0 heterocycles. The molecule has 0 aromatic heterocycles. The third-order valence-corrected chi connectivity index (χ3v) is 11.6. The second-order valence-electron chi connectivity index (χ2n) is 17.4. The highest BCUT2D eigenvalue weighted by atomic mass is 16.3. The first-order valence-electron chi connectivity index (χ1n) is 25.4. The van der Waals surface area contributed by atoms with E-state index in [1.807, 2.05) is 6.08 Å². The Morgan fingerprint density at radius 1 is 0.431 bits per heavy atom. The maximum Gasteiger partial charge on any atom is 0.222 e. The number of carbonyl (C=O) groups is 1. The van der Waals surface area contributed by atoms with Gasteiger partial charge in [0.1, 0.15) is 0 Å². The van der Waals surface area contributed by atoms with Gasteiger partial charge in [-0.05, 0) is 70.6 Å². The number of hydrogen-bond acceptors (Lipinski definition) is 4. The molecular formula is C53H99NO4. The number of carbonyl (C=O) groups excluding carboxylic acids is 1. The molecule has 0 aromatic rings. The molecule has 5 nitrogen and oxygen atoms in total. The molecule has 4 N–H and O–H groups in total. The number of hydrogen-bond donors (Lipinski definition) is 4. The first-order valence-corrected chi connectivity index (χ1v) is 25.4. The second kappa shape index (κ2) is 48.0. The van der Waals surface area contributed by atoms with Crippen LogP contribution in [0.25, 0.3) is 0 Å². The summed E-state index contributed by atoms with van der Waals surface area (Å²) in [5, 5.41) is 33.3. The van der Waals surface area contributed by atoms with Crippen LogP contribution in [0.15, 0.2) is 48.6 Å². The van der Waals surface area contributed by atoms with Crippen LogP contribution >= 0.6 is 0 Å². The van der Waals surface area contributed by atoms with Crippen molar-refractivity contribution in [1.29, 1.82) is 0 Å². The van der Waals surface area contributed by atoms with Crippen LogP contribution in [-0.2, 0) is 4.79 Å². The number of aliphatic hydroxyl groups is 3. The van der Waals surface area contributed by atoms with E-state index in [1.165, 1.54) is 193 Å². The zero-order valence-corrected chi connectivity index (χ0v) is 38.7. The Bertz CT molecular complexity index is 943. The molecule has 1 amide bonds. The normalized spacial score (nSPS) is 13.8. The Hall–Kier alpha value is -1.69. The molecule has 340 valence electrons. The van der Waals surface area contributed by atoms with E-state index in [1.54, 1.807) is 6.08 Å². The summed E-state index contributed by atoms with van der Waals surface area (Å²) in [6, 6.07) is -0.770. The van der Waals surface area contributed by atoms with E-state index in [2.05, 4.69) is 55.6 Å². The van der Waals surface area contributed by atoms with E-state index in [9.17, 15) is 20.1 Å². The van der Waals surface area contributed by atoms with Gasteiger partial charge >= 0.3 is 0 Å². The zero-order chi connectivity index (χ0) is 42.3. The predicted octanol–water partition coefficient (Wildman–Crippen LogP) is 15.3. The highest BCUT2D eigenvalue weighted by Gasteiger charge is 2.20. The van der Waals surface area contributed by atoms with Crippen molar-refractivity contribution in [3.63, 3.8) is 0 Å². The molecule has 3 atom stereocenters. The fraction of sp³-hybridized carbons (Fsp3) is 0.830. The topological polar surface area (TPSA) is 89.8 Å². The molecule has 0 radical (unpaired) electrons. The average molecular weight is 814 g/mol. The van der Waals surface area contributed by atoms with Gasteiger partial charge in [-0.15, -0.1) is 0 Å². The zero-order valence-electron chi connectivity index (χ0n) is 38.7. The van der Waals surface area contributed by atoms with Crippen molar-refractivity contribution in [3.05, 3.63) is 48.6 Å². The quantitative estimate of drug-likeness (QED) is 0.0364. The van der Waals surface area contributed by atoms with Crippen molar-refractivity contribution < 1.29 is 20.1 Å². The predicted molar refractivity (Wildman–Crippen MR) is 254 cm³/mol. The van der Waals surface area contributed by atoms with Crippen LogP contribution in [-0.4, -0.2) is 46.1 Å². The summed E-state index contributed by atoms with van der Waals surface area (Å²) in [6.45, 7) is 4.21. The highest BCUT2D eigenvalue weighted by molar-refractivity contribution is 5.76. The number of amides is 1. The van der Waals surface area contributed by atoms with Gasteiger partial charge in [-0.25, -0.2) is 0 Å². The van der Waals surface area contributed by atoms with E-state index in [0.717, 1.165) is 38.5 Å². The van der Waals surface area contributed by atoms with E-state index in [-0.39, 0.29) is 18.9 Å². The van der Waals surface area contributed by atoms with Gasteiger partial charge in [0, 0.05) is 0 Å². The first-order chi connectivity index (χ1) is 28.5. The standard InChI is InChI=1S/C53H99NO4/c1-3-5-7-9-11-13-15-17-19-21-23-25-26-27-28-30-32-34-36-38-40-42-44-46-50(56)48-53(58)54-51(49-55)52(57)47-45-43-41-39-37-35-33-31-29-24-22-20-18-16-14-12-10-8-6-4-2/h27-29,31,37,39,45,47,50-52,55-57H,3-26,30,32-36,38,40-44,46,48-49H2,1-2H3,(H,54,58)/b28-27-,31-29+,39-37+,47-45+. The lowest BCUT2D eigenvalue weighted by Crippen LogP contribution is -2.45. The molecule has 0 saturated heterocycles. The molecular weight excluding hydrogens is 715 g/mol. The fourth-order valence-electron chi connectivity index (χ4n) is 7.66. The lowest BCUT2D eigenvalue weighted by Gasteiger charge is -2.21. The van der Waals surface area contributed by atoms with Crippen molar-refractivity contribution in [3.8, 4) is 0 Å². The van der Waals surface area contributed by atoms with Crippen LogP contribution in [0.3, 0.4) is 0 Å². The molecule has 0 aromatic carbocycles. The van der Waals surface area contributed by atoms with Crippen molar-refractivity contribution in [2.24, 2.45) is 0 Å². The smallest absolute Gasteiger partial charge is 0.222 e. The second-order valence-corrected chi connectivity index (χ2v) is 17.4. The molecule has 58 heavy (non-hydrogen) atoms. The van der Waals surface area contributed by atoms with Crippen LogP contribution in [0.1, 0.15) is 258 Å². The summed E-state index contributed by atoms with van der Waals surface area (Å²) in [5.74, 6) is -0.331. The van der Waals surface area contributed by atoms with E-state index < -0.39 is 18.2 Å². The molecule has 5 heteroatoms. The maximum atomic E-state index is 12.5. The number of nitrogens with one attached hydrogen (secondary N) is 1. The highest BCUT2D eigenvalue weighted by Crippen LogP contribution is 2.15. The van der Waals surface area contributed by atoms with Crippen LogP contribution in [0.5, 0.6) is 0 Å². The minimum atomic E-state index is -0.962. The molecule has 0 spiro atoms. The Morgan fingerprint density at radius 2 is 0.741 bits per heavy atom. The van der Waals surface area contributed by atoms with Crippen molar-refractivity contribution in [1.82, 2.24) is 5.32 Å². The number of aliphatic hydroxyl groups excluding tert-OH is 3. The van der Waals surface area contributed by atoms with E-state index in [0.29, 0.717) is 6.42 Å². The first kappa shape index (κ1) is 56.3. The van der Waals surface area contributed by atoms with Crippen molar-refractivity contribution in [2.75, 3.05) is 6.61 Å². The van der Waals surface area contributed by atoms with Gasteiger partial charge in [0.25, 0.3) is 0 Å². The number of allylic oxidation sites excluding steroid dienone is 7. The Kier molecular flexibility index (Phi) is 46.6. The average Bonchev–Trinajstić information content (AvgIpc) is 3.22. The summed E-state index contributed by atoms with van der Waals surface area (Å²) in [6.07, 6.45) is 62.8. The summed E-state index contributed by atoms with van der Waals surface area (Å²) in [7, 11) is 0. The largest absolute Gasteiger partial charge is 0.394 e. The van der Waals surface area contributed by atoms with Gasteiger partial charge in [-0.2, -0.15) is 0 Å². The molecule has 0 rings (SSSR count). The van der Waals surface area contributed by atoms with Gasteiger partial charge < -0.3 is 20.6 Å². The fourth-order valence-corrected chi connectivity index (χ4v) is 7.66. The maximum absolute atomic E-state index is 12.5. The van der Waals surface area contributed by atoms with E-state index >= 15 is 0 Å². The third kappa shape index (κ3) is 43.9. The molecule has 3 unspecified atom stereocenters.